The van der Waals surface area contributed by atoms with Crippen molar-refractivity contribution < 1.29 is 0 Å². The van der Waals surface area contributed by atoms with Crippen LogP contribution in [-0.2, 0) is 6.42 Å². The van der Waals surface area contributed by atoms with E-state index < -0.39 is 0 Å². The normalized spacial score (nSPS) is 20.6. The Labute approximate surface area is 107 Å². The van der Waals surface area contributed by atoms with E-state index in [-0.39, 0.29) is 5.41 Å². The fourth-order valence-corrected chi connectivity index (χ4v) is 3.10. The molecule has 1 aromatic rings. The lowest BCUT2D eigenvalue weighted by atomic mass is 9.68. The third-order valence-corrected chi connectivity index (χ3v) is 4.38. The third-order valence-electron chi connectivity index (χ3n) is 3.89. The summed E-state index contributed by atoms with van der Waals surface area (Å²) in [5.41, 5.74) is 9.15. The summed E-state index contributed by atoms with van der Waals surface area (Å²) in [7, 11) is 0. The van der Waals surface area contributed by atoms with Gasteiger partial charge in [-0.05, 0) is 60.4 Å². The van der Waals surface area contributed by atoms with Crippen LogP contribution in [0.5, 0.6) is 0 Å². The summed E-state index contributed by atoms with van der Waals surface area (Å²) in [6.45, 7) is 5.32. The molecule has 0 aliphatic heterocycles. The first-order valence-corrected chi connectivity index (χ1v) is 6.82. The Balaban J connectivity index is 2.43. The van der Waals surface area contributed by atoms with Crippen molar-refractivity contribution in [3.8, 4) is 0 Å². The van der Waals surface area contributed by atoms with Gasteiger partial charge in [0.1, 0.15) is 0 Å². The summed E-state index contributed by atoms with van der Waals surface area (Å²) < 4.78 is 1.19. The van der Waals surface area contributed by atoms with E-state index in [0.717, 1.165) is 6.54 Å². The Morgan fingerprint density at radius 1 is 1.44 bits per heavy atom. The zero-order valence-corrected chi connectivity index (χ0v) is 11.7. The minimum Gasteiger partial charge on any atom is -0.330 e. The van der Waals surface area contributed by atoms with E-state index in [1.807, 2.05) is 0 Å². The number of hydrogen-bond acceptors (Lipinski definition) is 1. The highest BCUT2D eigenvalue weighted by Gasteiger charge is 2.32. The number of benzene rings is 1. The highest BCUT2D eigenvalue weighted by Crippen LogP contribution is 2.43. The van der Waals surface area contributed by atoms with Crippen molar-refractivity contribution in [3.63, 3.8) is 0 Å². The molecule has 88 valence electrons. The summed E-state index contributed by atoms with van der Waals surface area (Å²) in [5, 5.41) is 0. The van der Waals surface area contributed by atoms with E-state index in [4.69, 9.17) is 5.73 Å². The summed E-state index contributed by atoms with van der Waals surface area (Å²) in [5.74, 6) is 0.610. The standard InChI is InChI=1S/C14H20BrN/c1-14(2,9-16)13-5-3-4-10-6-7-11(15)8-12(10)13/h6-8,13H,3-5,9,16H2,1-2H3. The molecule has 1 atom stereocenters. The van der Waals surface area contributed by atoms with Crippen molar-refractivity contribution in [3.05, 3.63) is 33.8 Å². The van der Waals surface area contributed by atoms with Gasteiger partial charge in [0.05, 0.1) is 0 Å². The lowest BCUT2D eigenvalue weighted by Gasteiger charge is -2.37. The van der Waals surface area contributed by atoms with Crippen LogP contribution in [0.2, 0.25) is 0 Å². The van der Waals surface area contributed by atoms with Crippen LogP contribution in [0.3, 0.4) is 0 Å². The van der Waals surface area contributed by atoms with Gasteiger partial charge in [0, 0.05) is 4.47 Å². The van der Waals surface area contributed by atoms with Crippen LogP contribution in [0.4, 0.5) is 0 Å². The van der Waals surface area contributed by atoms with Crippen molar-refractivity contribution in [2.24, 2.45) is 11.1 Å². The average molecular weight is 282 g/mol. The SMILES string of the molecule is CC(C)(CN)C1CCCc2ccc(Br)cc21. The number of aryl methyl sites for hydroxylation is 1. The molecule has 0 spiro atoms. The molecule has 0 radical (unpaired) electrons. The zero-order chi connectivity index (χ0) is 11.8. The van der Waals surface area contributed by atoms with Crippen LogP contribution in [0.15, 0.2) is 22.7 Å². The highest BCUT2D eigenvalue weighted by atomic mass is 79.9. The Bertz CT molecular complexity index is 384. The van der Waals surface area contributed by atoms with Crippen LogP contribution in [-0.4, -0.2) is 6.54 Å². The smallest absolute Gasteiger partial charge is 0.0178 e. The number of rotatable bonds is 2. The minimum atomic E-state index is 0.204. The quantitative estimate of drug-likeness (QED) is 0.876. The molecule has 1 unspecified atom stereocenters. The molecular weight excluding hydrogens is 262 g/mol. The van der Waals surface area contributed by atoms with E-state index in [1.165, 1.54) is 34.9 Å². The van der Waals surface area contributed by atoms with Crippen molar-refractivity contribution in [2.45, 2.75) is 39.0 Å². The molecule has 1 aromatic carbocycles. The maximum absolute atomic E-state index is 5.92. The molecule has 1 aliphatic carbocycles. The average Bonchev–Trinajstić information content (AvgIpc) is 2.28. The molecule has 2 N–H and O–H groups in total. The molecule has 2 rings (SSSR count). The molecule has 0 bridgehead atoms. The lowest BCUT2D eigenvalue weighted by molar-refractivity contribution is 0.269. The van der Waals surface area contributed by atoms with Crippen LogP contribution in [0.1, 0.15) is 43.7 Å². The van der Waals surface area contributed by atoms with Crippen LogP contribution < -0.4 is 5.73 Å². The van der Waals surface area contributed by atoms with E-state index in [0.29, 0.717) is 5.92 Å². The molecule has 2 heteroatoms. The number of fused-ring (bicyclic) bond motifs is 1. The number of hydrogen-bond donors (Lipinski definition) is 1. The minimum absolute atomic E-state index is 0.204. The zero-order valence-electron chi connectivity index (χ0n) is 10.1. The second-order valence-corrected chi connectivity index (χ2v) is 6.40. The van der Waals surface area contributed by atoms with Crippen LogP contribution >= 0.6 is 15.9 Å². The molecule has 0 aromatic heterocycles. The van der Waals surface area contributed by atoms with Crippen LogP contribution in [0.25, 0.3) is 0 Å². The summed E-state index contributed by atoms with van der Waals surface area (Å²) in [4.78, 5) is 0. The lowest BCUT2D eigenvalue weighted by Crippen LogP contribution is -2.33. The highest BCUT2D eigenvalue weighted by molar-refractivity contribution is 9.10. The summed E-state index contributed by atoms with van der Waals surface area (Å²) in [6.07, 6.45) is 3.79. The first-order chi connectivity index (χ1) is 7.54. The molecule has 1 nitrogen and oxygen atoms in total. The molecule has 0 saturated heterocycles. The molecular formula is C14H20BrN. The predicted molar refractivity (Wildman–Crippen MR) is 72.7 cm³/mol. The van der Waals surface area contributed by atoms with Crippen LogP contribution in [0, 0.1) is 5.41 Å². The van der Waals surface area contributed by atoms with Crippen molar-refractivity contribution in [2.75, 3.05) is 6.54 Å². The predicted octanol–water partition coefficient (Wildman–Crippen LogP) is 3.85. The second kappa shape index (κ2) is 4.50. The fourth-order valence-electron chi connectivity index (χ4n) is 2.72. The maximum Gasteiger partial charge on any atom is 0.0178 e. The number of halogens is 1. The fraction of sp³-hybridized carbons (Fsp3) is 0.571. The van der Waals surface area contributed by atoms with Gasteiger partial charge in [-0.1, -0.05) is 35.8 Å². The van der Waals surface area contributed by atoms with Gasteiger partial charge in [-0.3, -0.25) is 0 Å². The Morgan fingerprint density at radius 2 is 2.19 bits per heavy atom. The van der Waals surface area contributed by atoms with Crippen molar-refractivity contribution in [1.82, 2.24) is 0 Å². The van der Waals surface area contributed by atoms with Gasteiger partial charge in [0.25, 0.3) is 0 Å². The first-order valence-electron chi connectivity index (χ1n) is 6.03. The Morgan fingerprint density at radius 3 is 2.88 bits per heavy atom. The second-order valence-electron chi connectivity index (χ2n) is 5.48. The monoisotopic (exact) mass is 281 g/mol. The molecule has 16 heavy (non-hydrogen) atoms. The van der Waals surface area contributed by atoms with E-state index in [9.17, 15) is 0 Å². The summed E-state index contributed by atoms with van der Waals surface area (Å²) >= 11 is 3.58. The van der Waals surface area contributed by atoms with Gasteiger partial charge in [-0.25, -0.2) is 0 Å². The third kappa shape index (κ3) is 2.18. The number of nitrogens with two attached hydrogens (primary N) is 1. The van der Waals surface area contributed by atoms with Gasteiger partial charge in [-0.15, -0.1) is 0 Å². The molecule has 0 saturated carbocycles. The summed E-state index contributed by atoms with van der Waals surface area (Å²) in [6, 6.07) is 6.70. The molecule has 0 fully saturated rings. The Kier molecular flexibility index (Phi) is 3.41. The van der Waals surface area contributed by atoms with Gasteiger partial charge in [0.2, 0.25) is 0 Å². The topological polar surface area (TPSA) is 26.0 Å². The van der Waals surface area contributed by atoms with E-state index in [2.05, 4.69) is 48.0 Å². The van der Waals surface area contributed by atoms with Crippen molar-refractivity contribution in [1.29, 1.82) is 0 Å². The Hall–Kier alpha value is -0.340. The van der Waals surface area contributed by atoms with Gasteiger partial charge in [0.15, 0.2) is 0 Å². The maximum atomic E-state index is 5.92. The van der Waals surface area contributed by atoms with E-state index >= 15 is 0 Å². The molecule has 0 amide bonds. The molecule has 1 aliphatic rings. The van der Waals surface area contributed by atoms with E-state index in [1.54, 1.807) is 0 Å². The van der Waals surface area contributed by atoms with Gasteiger partial charge >= 0.3 is 0 Å². The largest absolute Gasteiger partial charge is 0.330 e. The van der Waals surface area contributed by atoms with Crippen molar-refractivity contribution >= 4 is 15.9 Å². The first kappa shape index (κ1) is 12.1. The van der Waals surface area contributed by atoms with Gasteiger partial charge in [-0.2, -0.15) is 0 Å². The molecule has 0 heterocycles. The van der Waals surface area contributed by atoms with Gasteiger partial charge < -0.3 is 5.73 Å².